The Morgan fingerprint density at radius 1 is 1.53 bits per heavy atom. The summed E-state index contributed by atoms with van der Waals surface area (Å²) in [6, 6.07) is 0. The molecule has 0 aromatic rings. The number of likely N-dealkylation sites (tertiary alicyclic amines) is 1. The molecule has 0 spiro atoms. The van der Waals surface area contributed by atoms with Crippen LogP contribution in [0.5, 0.6) is 0 Å². The second kappa shape index (κ2) is 5.92. The number of carbonyl (C=O) groups is 1. The number of carbonyl (C=O) groups excluding carboxylic acids is 1. The van der Waals surface area contributed by atoms with E-state index in [2.05, 4.69) is 0 Å². The van der Waals surface area contributed by atoms with Crippen LogP contribution in [0.4, 0.5) is 4.79 Å². The van der Waals surface area contributed by atoms with Gasteiger partial charge in [0, 0.05) is 13.1 Å². The average molecular weight is 216 g/mol. The number of rotatable bonds is 3. The van der Waals surface area contributed by atoms with E-state index in [0.717, 1.165) is 12.8 Å². The van der Waals surface area contributed by atoms with Crippen LogP contribution < -0.4 is 5.73 Å². The maximum absolute atomic E-state index is 11.4. The minimum absolute atomic E-state index is 0.177. The molecule has 1 fully saturated rings. The van der Waals surface area contributed by atoms with Crippen molar-refractivity contribution in [1.29, 1.82) is 0 Å². The van der Waals surface area contributed by atoms with Crippen molar-refractivity contribution >= 4 is 6.09 Å². The Morgan fingerprint density at radius 3 is 2.60 bits per heavy atom. The molecule has 15 heavy (non-hydrogen) atoms. The lowest BCUT2D eigenvalue weighted by molar-refractivity contribution is -0.0305. The van der Waals surface area contributed by atoms with E-state index in [4.69, 9.17) is 15.2 Å². The Hall–Kier alpha value is -0.810. The first-order chi connectivity index (χ1) is 7.13. The fraction of sp³-hybridized carbons (Fsp3) is 0.900. The Kier molecular flexibility index (Phi) is 4.84. The van der Waals surface area contributed by atoms with Gasteiger partial charge in [-0.15, -0.1) is 0 Å². The molecule has 0 aliphatic carbocycles. The predicted molar refractivity (Wildman–Crippen MR) is 56.4 cm³/mol. The van der Waals surface area contributed by atoms with Gasteiger partial charge in [-0.05, 0) is 26.7 Å². The lowest BCUT2D eigenvalue weighted by Crippen LogP contribution is -2.42. The van der Waals surface area contributed by atoms with Crippen LogP contribution in [-0.4, -0.2) is 43.0 Å². The summed E-state index contributed by atoms with van der Waals surface area (Å²) < 4.78 is 10.4. The van der Waals surface area contributed by atoms with Crippen molar-refractivity contribution in [2.75, 3.05) is 19.7 Å². The lowest BCUT2D eigenvalue weighted by atomic mass is 10.1. The topological polar surface area (TPSA) is 64.8 Å². The van der Waals surface area contributed by atoms with E-state index >= 15 is 0 Å². The van der Waals surface area contributed by atoms with E-state index < -0.39 is 0 Å². The highest BCUT2D eigenvalue weighted by Gasteiger charge is 2.24. The molecule has 1 heterocycles. The van der Waals surface area contributed by atoms with Gasteiger partial charge in [-0.2, -0.15) is 0 Å². The van der Waals surface area contributed by atoms with Gasteiger partial charge < -0.3 is 20.1 Å². The molecule has 88 valence electrons. The van der Waals surface area contributed by atoms with Crippen molar-refractivity contribution in [2.45, 2.75) is 39.0 Å². The van der Waals surface area contributed by atoms with E-state index in [-0.39, 0.29) is 18.4 Å². The fourth-order valence-corrected chi connectivity index (χ4v) is 1.69. The molecular weight excluding hydrogens is 196 g/mol. The minimum Gasteiger partial charge on any atom is -0.450 e. The number of amides is 1. The molecule has 1 rings (SSSR count). The molecular formula is C10H20N2O3. The quantitative estimate of drug-likeness (QED) is 0.713. The van der Waals surface area contributed by atoms with Crippen LogP contribution in [0.1, 0.15) is 26.7 Å². The van der Waals surface area contributed by atoms with Gasteiger partial charge in [0.25, 0.3) is 0 Å². The number of nitrogens with zero attached hydrogens (tertiary/aromatic N) is 1. The molecule has 0 aromatic heterocycles. The molecule has 1 aliphatic heterocycles. The zero-order valence-corrected chi connectivity index (χ0v) is 9.44. The van der Waals surface area contributed by atoms with Crippen molar-refractivity contribution in [3.05, 3.63) is 0 Å². The highest BCUT2D eigenvalue weighted by atomic mass is 16.6. The third-order valence-corrected chi connectivity index (χ3v) is 2.38. The van der Waals surface area contributed by atoms with Gasteiger partial charge in [0.15, 0.2) is 0 Å². The lowest BCUT2D eigenvalue weighted by Gasteiger charge is -2.31. The van der Waals surface area contributed by atoms with Crippen LogP contribution in [0.25, 0.3) is 0 Å². The summed E-state index contributed by atoms with van der Waals surface area (Å²) in [4.78, 5) is 13.1. The molecule has 0 unspecified atom stereocenters. The Balaban J connectivity index is 2.26. The van der Waals surface area contributed by atoms with E-state index in [1.807, 2.05) is 13.8 Å². The van der Waals surface area contributed by atoms with Gasteiger partial charge in [0.1, 0.15) is 6.23 Å². The Bertz CT molecular complexity index is 201. The van der Waals surface area contributed by atoms with Gasteiger partial charge in [0.2, 0.25) is 0 Å². The number of ether oxygens (including phenoxy) is 2. The van der Waals surface area contributed by atoms with E-state index in [0.29, 0.717) is 19.7 Å². The second-order valence-corrected chi connectivity index (χ2v) is 3.73. The monoisotopic (exact) mass is 216 g/mol. The zero-order chi connectivity index (χ0) is 11.3. The van der Waals surface area contributed by atoms with Crippen LogP contribution in [0.2, 0.25) is 0 Å². The number of nitrogens with two attached hydrogens (primary N) is 1. The summed E-state index contributed by atoms with van der Waals surface area (Å²) in [7, 11) is 0. The van der Waals surface area contributed by atoms with Gasteiger partial charge in [-0.25, -0.2) is 4.79 Å². The predicted octanol–water partition coefficient (Wildman–Crippen LogP) is 0.929. The number of hydrogen-bond acceptors (Lipinski definition) is 4. The summed E-state index contributed by atoms with van der Waals surface area (Å²) in [6.45, 7) is 5.43. The molecule has 1 amide bonds. The molecule has 1 aliphatic rings. The summed E-state index contributed by atoms with van der Waals surface area (Å²) in [5.41, 5.74) is 5.54. The normalized spacial score (nSPS) is 20.1. The molecule has 0 aromatic carbocycles. The van der Waals surface area contributed by atoms with E-state index in [1.165, 1.54) is 0 Å². The third kappa shape index (κ3) is 4.05. The largest absolute Gasteiger partial charge is 0.450 e. The molecule has 5 heteroatoms. The summed E-state index contributed by atoms with van der Waals surface area (Å²) in [6.07, 6.45) is 1.39. The van der Waals surface area contributed by atoms with Crippen LogP contribution >= 0.6 is 0 Å². The molecule has 0 saturated carbocycles. The highest BCUT2D eigenvalue weighted by molar-refractivity contribution is 5.67. The SMILES string of the molecule is CCOC(=O)N1CCC(O[C@@H](C)N)CC1. The molecule has 0 radical (unpaired) electrons. The van der Waals surface area contributed by atoms with Crippen molar-refractivity contribution in [1.82, 2.24) is 4.90 Å². The number of hydrogen-bond donors (Lipinski definition) is 1. The van der Waals surface area contributed by atoms with Crippen LogP contribution in [0.3, 0.4) is 0 Å². The van der Waals surface area contributed by atoms with Gasteiger partial charge in [-0.1, -0.05) is 0 Å². The Labute approximate surface area is 90.5 Å². The fourth-order valence-electron chi connectivity index (χ4n) is 1.69. The first-order valence-electron chi connectivity index (χ1n) is 5.46. The van der Waals surface area contributed by atoms with Crippen molar-refractivity contribution in [2.24, 2.45) is 5.73 Å². The maximum atomic E-state index is 11.4. The summed E-state index contributed by atoms with van der Waals surface area (Å²) in [5.74, 6) is 0. The third-order valence-electron chi connectivity index (χ3n) is 2.38. The molecule has 1 atom stereocenters. The van der Waals surface area contributed by atoms with Crippen LogP contribution in [0, 0.1) is 0 Å². The smallest absolute Gasteiger partial charge is 0.409 e. The summed E-state index contributed by atoms with van der Waals surface area (Å²) >= 11 is 0. The average Bonchev–Trinajstić information content (AvgIpc) is 2.18. The molecule has 5 nitrogen and oxygen atoms in total. The van der Waals surface area contributed by atoms with Crippen LogP contribution in [0.15, 0.2) is 0 Å². The molecule has 0 bridgehead atoms. The summed E-state index contributed by atoms with van der Waals surface area (Å²) in [5, 5.41) is 0. The first kappa shape index (κ1) is 12.3. The minimum atomic E-state index is -0.232. The van der Waals surface area contributed by atoms with Gasteiger partial charge >= 0.3 is 6.09 Å². The number of piperidine rings is 1. The zero-order valence-electron chi connectivity index (χ0n) is 9.44. The molecule has 1 saturated heterocycles. The standard InChI is InChI=1S/C10H20N2O3/c1-3-14-10(13)12-6-4-9(5-7-12)15-8(2)11/h8-9H,3-7,11H2,1-2H3/t8-/m0/s1. The van der Waals surface area contributed by atoms with Crippen molar-refractivity contribution in [3.8, 4) is 0 Å². The second-order valence-electron chi connectivity index (χ2n) is 3.73. The molecule has 2 N–H and O–H groups in total. The van der Waals surface area contributed by atoms with Crippen LogP contribution in [-0.2, 0) is 9.47 Å². The van der Waals surface area contributed by atoms with E-state index in [9.17, 15) is 4.79 Å². The van der Waals surface area contributed by atoms with Crippen molar-refractivity contribution < 1.29 is 14.3 Å². The Morgan fingerprint density at radius 2 is 2.13 bits per heavy atom. The maximum Gasteiger partial charge on any atom is 0.409 e. The van der Waals surface area contributed by atoms with Gasteiger partial charge in [0.05, 0.1) is 12.7 Å². The van der Waals surface area contributed by atoms with Gasteiger partial charge in [-0.3, -0.25) is 0 Å². The van der Waals surface area contributed by atoms with E-state index in [1.54, 1.807) is 4.90 Å². The van der Waals surface area contributed by atoms with Crippen molar-refractivity contribution in [3.63, 3.8) is 0 Å². The first-order valence-corrected chi connectivity index (χ1v) is 5.46. The highest BCUT2D eigenvalue weighted by Crippen LogP contribution is 2.15.